The minimum Gasteiger partial charge on any atom is -0.460 e. The molecule has 3 N–H and O–H groups in total. The molecule has 0 radical (unpaired) electrons. The van der Waals surface area contributed by atoms with Crippen LogP contribution in [0.2, 0.25) is 5.02 Å². The Morgan fingerprint density at radius 2 is 1.76 bits per heavy atom. The molecule has 3 aromatic rings. The lowest BCUT2D eigenvalue weighted by Crippen LogP contribution is -2.33. The molecule has 1 aromatic heterocycles. The fourth-order valence-corrected chi connectivity index (χ4v) is 3.66. The first-order valence-electron chi connectivity index (χ1n) is 11.5. The van der Waals surface area contributed by atoms with Gasteiger partial charge in [-0.05, 0) is 62.2 Å². The van der Waals surface area contributed by atoms with Gasteiger partial charge in [-0.15, -0.1) is 0 Å². The summed E-state index contributed by atoms with van der Waals surface area (Å²) in [5.74, 6) is 1.93. The zero-order valence-electron chi connectivity index (χ0n) is 19.9. The molecule has 0 aliphatic heterocycles. The molecule has 0 spiro atoms. The highest BCUT2D eigenvalue weighted by molar-refractivity contribution is 6.34. The molecule has 3 rings (SSSR count). The number of carbonyl (C=O) groups is 1. The lowest BCUT2D eigenvalue weighted by atomic mass is 10.1. The number of aryl methyl sites for hydroxylation is 1. The van der Waals surface area contributed by atoms with Crippen molar-refractivity contribution in [1.82, 2.24) is 16.0 Å². The molecule has 1 amide bonds. The normalized spacial score (nSPS) is 12.2. The van der Waals surface area contributed by atoms with Crippen molar-refractivity contribution in [1.29, 1.82) is 0 Å². The van der Waals surface area contributed by atoms with Crippen molar-refractivity contribution in [3.63, 3.8) is 0 Å². The Kier molecular flexibility index (Phi) is 9.12. The molecule has 0 aliphatic rings. The average Bonchev–Trinajstić information content (AvgIpc) is 3.26. The first-order chi connectivity index (χ1) is 15.8. The lowest BCUT2D eigenvalue weighted by Gasteiger charge is -2.13. The number of hydrogen-bond donors (Lipinski definition) is 3. The Morgan fingerprint density at radius 3 is 2.48 bits per heavy atom. The van der Waals surface area contributed by atoms with Gasteiger partial charge in [0.05, 0.1) is 17.1 Å². The van der Waals surface area contributed by atoms with E-state index in [9.17, 15) is 4.79 Å². The van der Waals surface area contributed by atoms with Crippen LogP contribution in [0.4, 0.5) is 0 Å². The van der Waals surface area contributed by atoms with Crippen LogP contribution in [0, 0.1) is 12.8 Å². The van der Waals surface area contributed by atoms with E-state index in [-0.39, 0.29) is 11.9 Å². The third-order valence-electron chi connectivity index (χ3n) is 5.46. The van der Waals surface area contributed by atoms with Crippen LogP contribution in [0.5, 0.6) is 0 Å². The summed E-state index contributed by atoms with van der Waals surface area (Å²) in [6.07, 6.45) is 0. The van der Waals surface area contributed by atoms with E-state index in [2.05, 4.69) is 67.9 Å². The summed E-state index contributed by atoms with van der Waals surface area (Å²) in [5.41, 5.74) is 3.75. The van der Waals surface area contributed by atoms with Gasteiger partial charge in [0, 0.05) is 24.7 Å². The van der Waals surface area contributed by atoms with Gasteiger partial charge in [-0.1, -0.05) is 55.3 Å². The first-order valence-corrected chi connectivity index (χ1v) is 11.9. The van der Waals surface area contributed by atoms with Crippen molar-refractivity contribution in [2.45, 2.75) is 40.3 Å². The average molecular weight is 468 g/mol. The molecule has 0 saturated carbocycles. The van der Waals surface area contributed by atoms with E-state index >= 15 is 0 Å². The van der Waals surface area contributed by atoms with Crippen molar-refractivity contribution in [3.05, 3.63) is 82.1 Å². The topological polar surface area (TPSA) is 66.3 Å². The van der Waals surface area contributed by atoms with E-state index in [1.165, 1.54) is 11.1 Å². The van der Waals surface area contributed by atoms with Gasteiger partial charge in [0.15, 0.2) is 0 Å². The van der Waals surface area contributed by atoms with Crippen molar-refractivity contribution in [3.8, 4) is 11.3 Å². The number of rotatable bonds is 11. The number of benzene rings is 2. The number of halogens is 1. The highest BCUT2D eigenvalue weighted by Crippen LogP contribution is 2.27. The number of amides is 1. The molecular formula is C27H34ClN3O2. The number of nitrogens with one attached hydrogen (secondary N) is 3. The SMILES string of the molecule is Cc1ccc(C(C)NCc2ccc(-c3ccc(Cl)c(C(=O)NCCNCC(C)C)c3)o2)cc1. The molecule has 0 aliphatic carbocycles. The highest BCUT2D eigenvalue weighted by Gasteiger charge is 2.14. The third-order valence-corrected chi connectivity index (χ3v) is 5.79. The van der Waals surface area contributed by atoms with E-state index in [0.717, 1.165) is 24.4 Å². The van der Waals surface area contributed by atoms with E-state index in [4.69, 9.17) is 16.0 Å². The molecule has 1 atom stereocenters. The molecule has 1 unspecified atom stereocenters. The Labute approximate surface area is 201 Å². The van der Waals surface area contributed by atoms with Crippen molar-refractivity contribution < 1.29 is 9.21 Å². The van der Waals surface area contributed by atoms with Crippen LogP contribution in [0.25, 0.3) is 11.3 Å². The van der Waals surface area contributed by atoms with Crippen molar-refractivity contribution in [2.24, 2.45) is 5.92 Å². The fourth-order valence-electron chi connectivity index (χ4n) is 3.46. The van der Waals surface area contributed by atoms with E-state index in [1.54, 1.807) is 12.1 Å². The van der Waals surface area contributed by atoms with Crippen LogP contribution in [-0.2, 0) is 6.54 Å². The smallest absolute Gasteiger partial charge is 0.252 e. The number of furan rings is 1. The minimum absolute atomic E-state index is 0.187. The molecule has 2 aromatic carbocycles. The van der Waals surface area contributed by atoms with Gasteiger partial charge in [0.1, 0.15) is 11.5 Å². The van der Waals surface area contributed by atoms with Crippen LogP contribution in [0.15, 0.2) is 59.0 Å². The largest absolute Gasteiger partial charge is 0.460 e. The van der Waals surface area contributed by atoms with Crippen LogP contribution < -0.4 is 16.0 Å². The standard InChI is InChI=1S/C27H34ClN3O2/c1-18(2)16-29-13-14-30-27(32)24-15-22(9-11-25(24)28)26-12-10-23(33-26)17-31-20(4)21-7-5-19(3)6-8-21/h5-12,15,18,20,29,31H,13-14,16-17H2,1-4H3,(H,30,32). The summed E-state index contributed by atoms with van der Waals surface area (Å²) in [4.78, 5) is 12.6. The molecule has 5 nitrogen and oxygen atoms in total. The van der Waals surface area contributed by atoms with Crippen LogP contribution in [0.3, 0.4) is 0 Å². The van der Waals surface area contributed by atoms with E-state index in [0.29, 0.717) is 35.4 Å². The third kappa shape index (κ3) is 7.46. The van der Waals surface area contributed by atoms with Crippen LogP contribution in [-0.4, -0.2) is 25.5 Å². The Hall–Kier alpha value is -2.60. The molecule has 0 fully saturated rings. The molecule has 1 heterocycles. The minimum atomic E-state index is -0.187. The van der Waals surface area contributed by atoms with Crippen molar-refractivity contribution in [2.75, 3.05) is 19.6 Å². The summed E-state index contributed by atoms with van der Waals surface area (Å²) in [5, 5.41) is 10.1. The summed E-state index contributed by atoms with van der Waals surface area (Å²) < 4.78 is 6.04. The summed E-state index contributed by atoms with van der Waals surface area (Å²) in [7, 11) is 0. The molecular weight excluding hydrogens is 434 g/mol. The number of hydrogen-bond acceptors (Lipinski definition) is 4. The molecule has 0 saturated heterocycles. The second-order valence-corrected chi connectivity index (χ2v) is 9.23. The van der Waals surface area contributed by atoms with Crippen LogP contribution in [0.1, 0.15) is 54.1 Å². The van der Waals surface area contributed by atoms with Gasteiger partial charge in [0.25, 0.3) is 5.91 Å². The fraction of sp³-hybridized carbons (Fsp3) is 0.370. The highest BCUT2D eigenvalue weighted by atomic mass is 35.5. The van der Waals surface area contributed by atoms with Gasteiger partial charge in [-0.25, -0.2) is 0 Å². The Morgan fingerprint density at radius 1 is 1.00 bits per heavy atom. The van der Waals surface area contributed by atoms with Gasteiger partial charge < -0.3 is 20.4 Å². The molecule has 0 bridgehead atoms. The zero-order valence-corrected chi connectivity index (χ0v) is 20.6. The molecule has 33 heavy (non-hydrogen) atoms. The summed E-state index contributed by atoms with van der Waals surface area (Å²) in [6.45, 7) is 11.3. The van der Waals surface area contributed by atoms with Gasteiger partial charge in [-0.3, -0.25) is 4.79 Å². The predicted octanol–water partition coefficient (Wildman–Crippen LogP) is 5.73. The lowest BCUT2D eigenvalue weighted by molar-refractivity contribution is 0.0954. The number of carbonyl (C=O) groups excluding carboxylic acids is 1. The second-order valence-electron chi connectivity index (χ2n) is 8.83. The summed E-state index contributed by atoms with van der Waals surface area (Å²) >= 11 is 6.30. The summed E-state index contributed by atoms with van der Waals surface area (Å²) in [6, 6.07) is 18.0. The second kappa shape index (κ2) is 12.0. The zero-order chi connectivity index (χ0) is 23.8. The first kappa shape index (κ1) is 25.0. The van der Waals surface area contributed by atoms with E-state index < -0.39 is 0 Å². The Balaban J connectivity index is 1.58. The molecule has 6 heteroatoms. The Bertz CT molecular complexity index is 1040. The monoisotopic (exact) mass is 467 g/mol. The van der Waals surface area contributed by atoms with Crippen LogP contribution >= 0.6 is 11.6 Å². The maximum Gasteiger partial charge on any atom is 0.252 e. The van der Waals surface area contributed by atoms with Gasteiger partial charge in [0.2, 0.25) is 0 Å². The maximum atomic E-state index is 12.6. The quantitative estimate of drug-likeness (QED) is 0.315. The predicted molar refractivity (Wildman–Crippen MR) is 136 cm³/mol. The molecule has 176 valence electrons. The van der Waals surface area contributed by atoms with Gasteiger partial charge >= 0.3 is 0 Å². The maximum absolute atomic E-state index is 12.6. The van der Waals surface area contributed by atoms with E-state index in [1.807, 2.05) is 18.2 Å². The van der Waals surface area contributed by atoms with Gasteiger partial charge in [-0.2, -0.15) is 0 Å². The van der Waals surface area contributed by atoms with Crippen molar-refractivity contribution >= 4 is 17.5 Å².